The Bertz CT molecular complexity index is 519. The molecule has 0 amide bonds. The van der Waals surface area contributed by atoms with E-state index in [-0.39, 0.29) is 10.5 Å². The minimum absolute atomic E-state index is 0.000278. The first-order chi connectivity index (χ1) is 6.54. The number of fused-ring (bicyclic) bond motifs is 1. The Balaban J connectivity index is 2.71. The molecular formula is C8H8N2O3S. The molecule has 0 saturated heterocycles. The van der Waals surface area contributed by atoms with Crippen LogP contribution in [0, 0.1) is 0 Å². The molecule has 3 N–H and O–H groups in total. The van der Waals surface area contributed by atoms with Gasteiger partial charge in [0, 0.05) is 17.0 Å². The molecule has 1 aromatic carbocycles. The van der Waals surface area contributed by atoms with Gasteiger partial charge in [0.05, 0.1) is 11.4 Å². The van der Waals surface area contributed by atoms with Crippen LogP contribution < -0.4 is 10.8 Å². The molecule has 0 aliphatic carbocycles. The summed E-state index contributed by atoms with van der Waals surface area (Å²) in [5.74, 6) is -0.685. The van der Waals surface area contributed by atoms with E-state index in [1.54, 1.807) is 6.07 Å². The van der Waals surface area contributed by atoms with Gasteiger partial charge in [0.1, 0.15) is 0 Å². The van der Waals surface area contributed by atoms with Gasteiger partial charge >= 0.3 is 0 Å². The summed E-state index contributed by atoms with van der Waals surface area (Å²) in [7, 11) is -3.72. The van der Waals surface area contributed by atoms with Crippen molar-refractivity contribution in [3.63, 3.8) is 0 Å². The maximum atomic E-state index is 11.3. The SMILES string of the molecule is [NH3+]Cc1ccc2c(c1)C([O-])=NS2(=O)=O. The molecule has 1 heterocycles. The van der Waals surface area contributed by atoms with Crippen molar-refractivity contribution < 1.29 is 19.3 Å². The minimum Gasteiger partial charge on any atom is -0.858 e. The minimum atomic E-state index is -3.72. The van der Waals surface area contributed by atoms with Crippen LogP contribution in [0.25, 0.3) is 0 Å². The fourth-order valence-corrected chi connectivity index (χ4v) is 2.41. The number of hydrogen-bond acceptors (Lipinski definition) is 3. The first-order valence-electron chi connectivity index (χ1n) is 3.99. The van der Waals surface area contributed by atoms with Crippen molar-refractivity contribution in [2.24, 2.45) is 4.40 Å². The van der Waals surface area contributed by atoms with Crippen molar-refractivity contribution >= 4 is 15.9 Å². The fourth-order valence-electron chi connectivity index (χ4n) is 1.33. The molecule has 0 saturated carbocycles. The number of quaternary nitrogens is 1. The molecule has 0 aromatic heterocycles. The van der Waals surface area contributed by atoms with Crippen LogP contribution in [-0.4, -0.2) is 14.3 Å². The first kappa shape index (κ1) is 9.17. The normalized spacial score (nSPS) is 17.6. The lowest BCUT2D eigenvalue weighted by Crippen LogP contribution is -2.47. The summed E-state index contributed by atoms with van der Waals surface area (Å²) in [6.07, 6.45) is 0. The third kappa shape index (κ3) is 1.19. The van der Waals surface area contributed by atoms with Crippen LogP contribution in [0.15, 0.2) is 27.5 Å². The quantitative estimate of drug-likeness (QED) is 0.597. The molecule has 0 radical (unpaired) electrons. The van der Waals surface area contributed by atoms with E-state index in [1.807, 2.05) is 0 Å². The lowest BCUT2D eigenvalue weighted by molar-refractivity contribution is -0.386. The number of hydrogen-bond donors (Lipinski definition) is 1. The molecule has 5 nitrogen and oxygen atoms in total. The van der Waals surface area contributed by atoms with Gasteiger partial charge < -0.3 is 10.8 Å². The van der Waals surface area contributed by atoms with Crippen LogP contribution in [0.5, 0.6) is 0 Å². The van der Waals surface area contributed by atoms with E-state index >= 15 is 0 Å². The second kappa shape index (κ2) is 2.79. The monoisotopic (exact) mass is 212 g/mol. The number of rotatable bonds is 1. The van der Waals surface area contributed by atoms with Crippen molar-refractivity contribution in [1.82, 2.24) is 0 Å². The van der Waals surface area contributed by atoms with Gasteiger partial charge in [-0.15, -0.1) is 0 Å². The Kier molecular flexibility index (Phi) is 1.83. The molecule has 74 valence electrons. The predicted molar refractivity (Wildman–Crippen MR) is 46.8 cm³/mol. The third-order valence-electron chi connectivity index (χ3n) is 2.04. The highest BCUT2D eigenvalue weighted by Crippen LogP contribution is 2.25. The molecule has 1 aromatic rings. The molecule has 1 aliphatic rings. The lowest BCUT2D eigenvalue weighted by Gasteiger charge is -2.05. The Morgan fingerprint density at radius 1 is 1.43 bits per heavy atom. The number of nitrogens with zero attached hydrogens (tertiary/aromatic N) is 1. The summed E-state index contributed by atoms with van der Waals surface area (Å²) in [5.41, 5.74) is 4.63. The highest BCUT2D eigenvalue weighted by Gasteiger charge is 2.24. The first-order valence-corrected chi connectivity index (χ1v) is 5.43. The maximum Gasteiger partial charge on any atom is 0.282 e. The van der Waals surface area contributed by atoms with Gasteiger partial charge in [-0.05, 0) is 12.1 Å². The third-order valence-corrected chi connectivity index (χ3v) is 3.36. The molecule has 14 heavy (non-hydrogen) atoms. The molecule has 0 atom stereocenters. The van der Waals surface area contributed by atoms with E-state index < -0.39 is 15.9 Å². The van der Waals surface area contributed by atoms with Crippen LogP contribution in [0.4, 0.5) is 0 Å². The number of sulfonamides is 1. The zero-order valence-corrected chi connectivity index (χ0v) is 8.04. The van der Waals surface area contributed by atoms with E-state index in [0.717, 1.165) is 5.56 Å². The summed E-state index contributed by atoms with van der Waals surface area (Å²) in [5, 5.41) is 11.2. The Morgan fingerprint density at radius 2 is 2.14 bits per heavy atom. The topological polar surface area (TPSA) is 97.2 Å². The summed E-state index contributed by atoms with van der Waals surface area (Å²) < 4.78 is 25.6. The fraction of sp³-hybridized carbons (Fsp3) is 0.125. The van der Waals surface area contributed by atoms with E-state index in [0.29, 0.717) is 6.54 Å². The van der Waals surface area contributed by atoms with Crippen molar-refractivity contribution in [1.29, 1.82) is 0 Å². The van der Waals surface area contributed by atoms with Crippen LogP contribution in [0.3, 0.4) is 0 Å². The van der Waals surface area contributed by atoms with Crippen LogP contribution in [0.2, 0.25) is 0 Å². The van der Waals surface area contributed by atoms with E-state index in [9.17, 15) is 13.5 Å². The van der Waals surface area contributed by atoms with Gasteiger partial charge in [-0.1, -0.05) is 6.07 Å². The predicted octanol–water partition coefficient (Wildman–Crippen LogP) is -1.76. The number of benzene rings is 1. The second-order valence-corrected chi connectivity index (χ2v) is 4.52. The average Bonchev–Trinajstić information content (AvgIpc) is 2.37. The highest BCUT2D eigenvalue weighted by molar-refractivity contribution is 7.90. The zero-order chi connectivity index (χ0) is 10.3. The maximum absolute atomic E-state index is 11.3. The molecule has 0 spiro atoms. The van der Waals surface area contributed by atoms with Gasteiger partial charge in [0.15, 0.2) is 0 Å². The summed E-state index contributed by atoms with van der Waals surface area (Å²) >= 11 is 0. The van der Waals surface area contributed by atoms with E-state index in [1.165, 1.54) is 12.1 Å². The van der Waals surface area contributed by atoms with Gasteiger partial charge in [-0.3, -0.25) is 0 Å². The van der Waals surface area contributed by atoms with Crippen LogP contribution in [-0.2, 0) is 16.6 Å². The van der Waals surface area contributed by atoms with E-state index in [4.69, 9.17) is 0 Å². The zero-order valence-electron chi connectivity index (χ0n) is 7.23. The molecular weight excluding hydrogens is 204 g/mol. The van der Waals surface area contributed by atoms with Gasteiger partial charge in [-0.25, -0.2) is 0 Å². The van der Waals surface area contributed by atoms with Crippen molar-refractivity contribution in [2.45, 2.75) is 11.4 Å². The average molecular weight is 212 g/mol. The molecule has 0 unspecified atom stereocenters. The Hall–Kier alpha value is -1.40. The second-order valence-electron chi connectivity index (χ2n) is 2.95. The molecule has 0 fully saturated rings. The van der Waals surface area contributed by atoms with Gasteiger partial charge in [0.2, 0.25) is 0 Å². The standard InChI is InChI=1S/C8H8N2O3S/c9-4-5-1-2-7-6(3-5)8(11)10-14(7,12)13/h1-3H,4,9H2,(H,10,11). The summed E-state index contributed by atoms with van der Waals surface area (Å²) in [6.45, 7) is 0.514. The Morgan fingerprint density at radius 3 is 2.79 bits per heavy atom. The molecule has 0 bridgehead atoms. The van der Waals surface area contributed by atoms with Crippen molar-refractivity contribution in [3.05, 3.63) is 29.3 Å². The van der Waals surface area contributed by atoms with E-state index in [2.05, 4.69) is 10.1 Å². The van der Waals surface area contributed by atoms with Crippen molar-refractivity contribution in [3.8, 4) is 0 Å². The van der Waals surface area contributed by atoms with Gasteiger partial charge in [0.25, 0.3) is 10.0 Å². The lowest BCUT2D eigenvalue weighted by atomic mass is 10.1. The van der Waals surface area contributed by atoms with Gasteiger partial charge in [-0.2, -0.15) is 12.8 Å². The highest BCUT2D eigenvalue weighted by atomic mass is 32.2. The largest absolute Gasteiger partial charge is 0.858 e. The molecule has 2 rings (SSSR count). The summed E-state index contributed by atoms with van der Waals surface area (Å²) in [6, 6.07) is 4.57. The molecule has 6 heteroatoms. The van der Waals surface area contributed by atoms with Crippen LogP contribution >= 0.6 is 0 Å². The Labute approximate surface area is 80.9 Å². The van der Waals surface area contributed by atoms with Crippen LogP contribution in [0.1, 0.15) is 11.1 Å². The van der Waals surface area contributed by atoms with Crippen molar-refractivity contribution in [2.75, 3.05) is 0 Å². The smallest absolute Gasteiger partial charge is 0.282 e. The molecule has 1 aliphatic heterocycles. The summed E-state index contributed by atoms with van der Waals surface area (Å²) in [4.78, 5) is -0.000278.